The minimum atomic E-state index is 0.712. The van der Waals surface area contributed by atoms with Crippen LogP contribution in [0.3, 0.4) is 0 Å². The van der Waals surface area contributed by atoms with Gasteiger partial charge in [-0.1, -0.05) is 115 Å². The molecular formula is C38H25N3. The van der Waals surface area contributed by atoms with Gasteiger partial charge in [0.1, 0.15) is 0 Å². The normalized spacial score (nSPS) is 11.4. The van der Waals surface area contributed by atoms with Crippen molar-refractivity contribution in [3.63, 3.8) is 0 Å². The lowest BCUT2D eigenvalue weighted by molar-refractivity contribution is 1.17. The summed E-state index contributed by atoms with van der Waals surface area (Å²) in [5.74, 6) is 0.712. The summed E-state index contributed by atoms with van der Waals surface area (Å²) in [7, 11) is 0. The Morgan fingerprint density at radius 2 is 1.00 bits per heavy atom. The second-order valence-corrected chi connectivity index (χ2v) is 10.3. The monoisotopic (exact) mass is 523 g/mol. The number of benzene rings is 6. The molecule has 0 fully saturated rings. The van der Waals surface area contributed by atoms with Crippen molar-refractivity contribution >= 4 is 32.6 Å². The summed E-state index contributed by atoms with van der Waals surface area (Å²) >= 11 is 0. The van der Waals surface area contributed by atoms with Crippen molar-refractivity contribution < 1.29 is 0 Å². The van der Waals surface area contributed by atoms with Crippen molar-refractivity contribution in [1.29, 1.82) is 0 Å². The molecule has 0 spiro atoms. The van der Waals surface area contributed by atoms with Crippen LogP contribution in [0.15, 0.2) is 152 Å². The van der Waals surface area contributed by atoms with E-state index < -0.39 is 0 Å². The van der Waals surface area contributed by atoms with E-state index in [0.29, 0.717) is 5.82 Å². The molecule has 0 aliphatic heterocycles. The number of rotatable bonds is 4. The van der Waals surface area contributed by atoms with Crippen LogP contribution in [-0.2, 0) is 0 Å². The van der Waals surface area contributed by atoms with Crippen molar-refractivity contribution in [3.05, 3.63) is 152 Å². The summed E-state index contributed by atoms with van der Waals surface area (Å²) < 4.78 is 2.38. The molecule has 0 amide bonds. The molecule has 0 aliphatic rings. The maximum atomic E-state index is 5.01. The zero-order valence-corrected chi connectivity index (χ0v) is 22.3. The third kappa shape index (κ3) is 3.98. The molecular weight excluding hydrogens is 498 g/mol. The Kier molecular flexibility index (Phi) is 5.46. The van der Waals surface area contributed by atoms with Gasteiger partial charge in [0.15, 0.2) is 5.82 Å². The average molecular weight is 524 g/mol. The van der Waals surface area contributed by atoms with Crippen LogP contribution in [0.5, 0.6) is 0 Å². The van der Waals surface area contributed by atoms with Gasteiger partial charge in [-0.25, -0.2) is 9.97 Å². The molecule has 0 saturated carbocycles. The fourth-order valence-corrected chi connectivity index (χ4v) is 5.85. The molecule has 0 bridgehead atoms. The van der Waals surface area contributed by atoms with Gasteiger partial charge >= 0.3 is 0 Å². The number of nitrogens with zero attached hydrogens (tertiary/aromatic N) is 3. The molecule has 3 nitrogen and oxygen atoms in total. The molecule has 2 heterocycles. The van der Waals surface area contributed by atoms with Crippen LogP contribution in [0, 0.1) is 0 Å². The van der Waals surface area contributed by atoms with Crippen LogP contribution in [0.1, 0.15) is 0 Å². The first kappa shape index (κ1) is 23.4. The van der Waals surface area contributed by atoms with Gasteiger partial charge in [-0.15, -0.1) is 0 Å². The van der Waals surface area contributed by atoms with Crippen molar-refractivity contribution in [2.75, 3.05) is 0 Å². The molecule has 0 radical (unpaired) electrons. The molecule has 0 atom stereocenters. The van der Waals surface area contributed by atoms with Crippen LogP contribution in [0.4, 0.5) is 0 Å². The van der Waals surface area contributed by atoms with E-state index in [0.717, 1.165) is 33.8 Å². The summed E-state index contributed by atoms with van der Waals surface area (Å²) in [5, 5.41) is 5.00. The highest BCUT2D eigenvalue weighted by molar-refractivity contribution is 6.18. The number of aromatic nitrogens is 3. The highest BCUT2D eigenvalue weighted by Gasteiger charge is 2.15. The fraction of sp³-hybridized carbons (Fsp3) is 0. The van der Waals surface area contributed by atoms with E-state index in [2.05, 4.69) is 120 Å². The topological polar surface area (TPSA) is 30.7 Å². The molecule has 0 unspecified atom stereocenters. The first-order chi connectivity index (χ1) is 20.3. The Labute approximate surface area is 238 Å². The Balaban J connectivity index is 1.31. The first-order valence-electron chi connectivity index (χ1n) is 13.9. The average Bonchev–Trinajstić information content (AvgIpc) is 3.40. The van der Waals surface area contributed by atoms with E-state index in [1.54, 1.807) is 0 Å². The lowest BCUT2D eigenvalue weighted by Gasteiger charge is -2.12. The van der Waals surface area contributed by atoms with Gasteiger partial charge in [0, 0.05) is 38.5 Å². The number of hydrogen-bond acceptors (Lipinski definition) is 2. The molecule has 0 N–H and O–H groups in total. The first-order valence-corrected chi connectivity index (χ1v) is 13.9. The van der Waals surface area contributed by atoms with Crippen LogP contribution >= 0.6 is 0 Å². The largest absolute Gasteiger partial charge is 0.309 e. The second-order valence-electron chi connectivity index (χ2n) is 10.3. The zero-order chi connectivity index (χ0) is 27.2. The van der Waals surface area contributed by atoms with Crippen molar-refractivity contribution in [2.45, 2.75) is 0 Å². The number of fused-ring (bicyclic) bond motifs is 5. The highest BCUT2D eigenvalue weighted by atomic mass is 15.0. The summed E-state index contributed by atoms with van der Waals surface area (Å²) in [5.41, 5.74) is 8.48. The fourth-order valence-electron chi connectivity index (χ4n) is 5.85. The van der Waals surface area contributed by atoms with Crippen LogP contribution in [-0.4, -0.2) is 14.5 Å². The molecule has 8 rings (SSSR count). The highest BCUT2D eigenvalue weighted by Crippen LogP contribution is 2.37. The van der Waals surface area contributed by atoms with Gasteiger partial charge in [-0.05, 0) is 41.8 Å². The minimum absolute atomic E-state index is 0.712. The predicted octanol–water partition coefficient (Wildman–Crippen LogP) is 9.73. The van der Waals surface area contributed by atoms with E-state index >= 15 is 0 Å². The molecule has 0 aliphatic carbocycles. The van der Waals surface area contributed by atoms with Gasteiger partial charge in [0.25, 0.3) is 0 Å². The Morgan fingerprint density at radius 1 is 0.415 bits per heavy atom. The van der Waals surface area contributed by atoms with Crippen LogP contribution in [0.25, 0.3) is 72.2 Å². The third-order valence-electron chi connectivity index (χ3n) is 7.81. The summed E-state index contributed by atoms with van der Waals surface area (Å²) in [6, 6.07) is 53.1. The Morgan fingerprint density at radius 3 is 1.68 bits per heavy atom. The summed E-state index contributed by atoms with van der Waals surface area (Å²) in [4.78, 5) is 10.0. The Hall–Kier alpha value is -5.54. The van der Waals surface area contributed by atoms with Crippen molar-refractivity contribution in [1.82, 2.24) is 14.5 Å². The van der Waals surface area contributed by atoms with Crippen molar-refractivity contribution in [2.24, 2.45) is 0 Å². The number of hydrogen-bond donors (Lipinski definition) is 0. The summed E-state index contributed by atoms with van der Waals surface area (Å²) in [6.07, 6.45) is 0. The third-order valence-corrected chi connectivity index (χ3v) is 7.81. The van der Waals surface area contributed by atoms with Gasteiger partial charge in [-0.2, -0.15) is 0 Å². The maximum absolute atomic E-state index is 5.01. The van der Waals surface area contributed by atoms with Gasteiger partial charge in [-0.3, -0.25) is 0 Å². The zero-order valence-electron chi connectivity index (χ0n) is 22.3. The van der Waals surface area contributed by atoms with E-state index in [9.17, 15) is 0 Å². The summed E-state index contributed by atoms with van der Waals surface area (Å²) in [6.45, 7) is 0. The SMILES string of the molecule is c1ccc(-c2cc(-c3ccccc3)nc(-c3ccc(-n4c5ccccc5c5ccc6ccccc6c54)cc3)n2)cc1. The number of para-hydroxylation sites is 1. The lowest BCUT2D eigenvalue weighted by atomic mass is 10.1. The quantitative estimate of drug-likeness (QED) is 0.230. The van der Waals surface area contributed by atoms with E-state index in [-0.39, 0.29) is 0 Å². The van der Waals surface area contributed by atoms with Gasteiger partial charge in [0.05, 0.1) is 22.4 Å². The van der Waals surface area contributed by atoms with E-state index in [1.807, 2.05) is 36.4 Å². The molecule has 0 saturated heterocycles. The Bertz CT molecular complexity index is 2120. The molecule has 192 valence electrons. The molecule has 3 heteroatoms. The maximum Gasteiger partial charge on any atom is 0.160 e. The van der Waals surface area contributed by atoms with E-state index in [1.165, 1.54) is 32.6 Å². The predicted molar refractivity (Wildman–Crippen MR) is 170 cm³/mol. The van der Waals surface area contributed by atoms with Crippen LogP contribution in [0.2, 0.25) is 0 Å². The molecule has 6 aromatic carbocycles. The molecule has 41 heavy (non-hydrogen) atoms. The minimum Gasteiger partial charge on any atom is -0.309 e. The van der Waals surface area contributed by atoms with Crippen LogP contribution < -0.4 is 0 Å². The molecule has 8 aromatic rings. The smallest absolute Gasteiger partial charge is 0.160 e. The van der Waals surface area contributed by atoms with Gasteiger partial charge in [0.2, 0.25) is 0 Å². The standard InChI is InChI=1S/C38H25N3/c1-3-12-27(13-4-1)34-25-35(28-14-5-2-6-15-28)40-38(39-34)29-19-22-30(23-20-29)41-36-18-10-9-17-32(36)33-24-21-26-11-7-8-16-31(26)37(33)41/h1-25H. The molecule has 2 aromatic heterocycles. The van der Waals surface area contributed by atoms with Crippen molar-refractivity contribution in [3.8, 4) is 39.6 Å². The lowest BCUT2D eigenvalue weighted by Crippen LogP contribution is -1.97. The van der Waals surface area contributed by atoms with E-state index in [4.69, 9.17) is 9.97 Å². The second kappa shape index (κ2) is 9.58. The van der Waals surface area contributed by atoms with Gasteiger partial charge < -0.3 is 4.57 Å².